The largest absolute Gasteiger partial charge is 0.481 e. The molecule has 1 amide bonds. The van der Waals surface area contributed by atoms with Gasteiger partial charge in [-0.3, -0.25) is 9.59 Å². The van der Waals surface area contributed by atoms with Gasteiger partial charge in [0.2, 0.25) is 0 Å². The highest BCUT2D eigenvalue weighted by Gasteiger charge is 2.47. The summed E-state index contributed by atoms with van der Waals surface area (Å²) in [5.41, 5.74) is -1.10. The lowest BCUT2D eigenvalue weighted by Gasteiger charge is -2.25. The molecule has 0 spiro atoms. The molecule has 1 N–H and O–H groups in total. The molecule has 2 unspecified atom stereocenters. The second kappa shape index (κ2) is 6.95. The highest BCUT2D eigenvalue weighted by molar-refractivity contribution is 5.83. The summed E-state index contributed by atoms with van der Waals surface area (Å²) in [5, 5.41) is 9.41. The molecule has 2 rings (SSSR count). The Morgan fingerprint density at radius 2 is 2.13 bits per heavy atom. The molecule has 6 nitrogen and oxygen atoms in total. The molecule has 1 heterocycles. The first-order chi connectivity index (χ1) is 10.9. The molecule has 1 fully saturated rings. The molecule has 1 aliphatic rings. The lowest BCUT2D eigenvalue weighted by atomic mass is 9.88. The van der Waals surface area contributed by atoms with E-state index in [1.54, 1.807) is 6.07 Å². The van der Waals surface area contributed by atoms with Crippen molar-refractivity contribution in [2.75, 3.05) is 26.8 Å². The normalized spacial score (nSPS) is 22.0. The number of amides is 1. The first-order valence-electron chi connectivity index (χ1n) is 7.32. The molecular weight excluding hydrogens is 305 g/mol. The number of aliphatic carboxylic acids is 1. The second-order valence-corrected chi connectivity index (χ2v) is 5.72. The predicted octanol–water partition coefficient (Wildman–Crippen LogP) is 1.54. The van der Waals surface area contributed by atoms with Crippen LogP contribution in [-0.2, 0) is 14.3 Å². The highest BCUT2D eigenvalue weighted by atomic mass is 19.1. The zero-order valence-corrected chi connectivity index (χ0v) is 13.1. The number of methoxy groups -OCH3 is 1. The minimum Gasteiger partial charge on any atom is -0.481 e. The zero-order valence-electron chi connectivity index (χ0n) is 13.1. The lowest BCUT2D eigenvalue weighted by Crippen LogP contribution is -2.43. The van der Waals surface area contributed by atoms with Gasteiger partial charge in [-0.25, -0.2) is 4.39 Å². The van der Waals surface area contributed by atoms with Crippen LogP contribution < -0.4 is 4.74 Å². The van der Waals surface area contributed by atoms with Gasteiger partial charge in [0.05, 0.1) is 6.61 Å². The van der Waals surface area contributed by atoms with Crippen LogP contribution in [0.2, 0.25) is 0 Å². The van der Waals surface area contributed by atoms with E-state index in [1.807, 2.05) is 0 Å². The summed E-state index contributed by atoms with van der Waals surface area (Å²) in [4.78, 5) is 25.3. The van der Waals surface area contributed by atoms with Gasteiger partial charge in [0.15, 0.2) is 17.7 Å². The molecule has 2 atom stereocenters. The van der Waals surface area contributed by atoms with Gasteiger partial charge in [-0.2, -0.15) is 0 Å². The van der Waals surface area contributed by atoms with Gasteiger partial charge in [0, 0.05) is 20.2 Å². The third kappa shape index (κ3) is 3.61. The van der Waals surface area contributed by atoms with Crippen LogP contribution in [0.25, 0.3) is 0 Å². The van der Waals surface area contributed by atoms with E-state index in [2.05, 4.69) is 0 Å². The number of halogens is 1. The minimum atomic E-state index is -1.10. The smallest absolute Gasteiger partial charge is 0.313 e. The Labute approximate surface area is 133 Å². The Balaban J connectivity index is 2.03. The first kappa shape index (κ1) is 17.2. The molecule has 0 saturated carbocycles. The fraction of sp³-hybridized carbons (Fsp3) is 0.500. The van der Waals surface area contributed by atoms with Crippen LogP contribution >= 0.6 is 0 Å². The van der Waals surface area contributed by atoms with E-state index < -0.39 is 23.3 Å². The number of hydrogen-bond acceptors (Lipinski definition) is 4. The van der Waals surface area contributed by atoms with Gasteiger partial charge in [0.1, 0.15) is 5.41 Å². The maximum atomic E-state index is 13.6. The van der Waals surface area contributed by atoms with Crippen molar-refractivity contribution >= 4 is 11.9 Å². The Bertz CT molecular complexity index is 594. The van der Waals surface area contributed by atoms with Gasteiger partial charge in [-0.1, -0.05) is 12.1 Å². The molecule has 0 aliphatic carbocycles. The van der Waals surface area contributed by atoms with Crippen LogP contribution in [-0.4, -0.2) is 54.8 Å². The molecule has 1 aliphatic heterocycles. The summed E-state index contributed by atoms with van der Waals surface area (Å²) in [6.07, 6.45) is -0.590. The highest BCUT2D eigenvalue weighted by Crippen LogP contribution is 2.32. The molecule has 126 valence electrons. The molecular formula is C16H20FNO5. The van der Waals surface area contributed by atoms with Gasteiger partial charge < -0.3 is 19.5 Å². The van der Waals surface area contributed by atoms with Crippen molar-refractivity contribution in [3.63, 3.8) is 0 Å². The number of carboxylic acids is 1. The van der Waals surface area contributed by atoms with E-state index >= 15 is 0 Å². The maximum absolute atomic E-state index is 13.6. The first-order valence-corrected chi connectivity index (χ1v) is 7.32. The number of hydrogen-bond donors (Lipinski definition) is 1. The van der Waals surface area contributed by atoms with Crippen LogP contribution in [0.4, 0.5) is 4.39 Å². The van der Waals surface area contributed by atoms with E-state index in [0.717, 1.165) is 0 Å². The molecule has 1 aromatic carbocycles. The molecule has 23 heavy (non-hydrogen) atoms. The number of rotatable bonds is 6. The van der Waals surface area contributed by atoms with Crippen molar-refractivity contribution in [2.45, 2.75) is 19.4 Å². The maximum Gasteiger partial charge on any atom is 0.313 e. The molecule has 0 aromatic heterocycles. The van der Waals surface area contributed by atoms with Crippen LogP contribution in [0, 0.1) is 11.2 Å². The Morgan fingerprint density at radius 1 is 1.43 bits per heavy atom. The number of likely N-dealkylation sites (tertiary alicyclic amines) is 1. The quantitative estimate of drug-likeness (QED) is 0.859. The van der Waals surface area contributed by atoms with Crippen molar-refractivity contribution in [3.8, 4) is 5.75 Å². The van der Waals surface area contributed by atoms with Gasteiger partial charge in [-0.15, -0.1) is 0 Å². The fourth-order valence-corrected chi connectivity index (χ4v) is 2.73. The van der Waals surface area contributed by atoms with E-state index in [-0.39, 0.29) is 24.8 Å². The SMILES string of the molecule is COCC1(C(=O)O)CCN(C(=O)C(C)Oc2ccccc2F)C1. The minimum absolute atomic E-state index is 0.00561. The van der Waals surface area contributed by atoms with Crippen molar-refractivity contribution in [1.82, 2.24) is 4.90 Å². The van der Waals surface area contributed by atoms with Crippen molar-refractivity contribution in [2.24, 2.45) is 5.41 Å². The Hall–Kier alpha value is -2.15. The van der Waals surface area contributed by atoms with Crippen LogP contribution in [0.3, 0.4) is 0 Å². The van der Waals surface area contributed by atoms with Crippen LogP contribution in [0.15, 0.2) is 24.3 Å². The van der Waals surface area contributed by atoms with Gasteiger partial charge in [-0.05, 0) is 25.5 Å². The molecule has 1 aromatic rings. The van der Waals surface area contributed by atoms with Crippen molar-refractivity contribution in [3.05, 3.63) is 30.1 Å². The van der Waals surface area contributed by atoms with E-state index in [4.69, 9.17) is 9.47 Å². The Morgan fingerprint density at radius 3 is 2.74 bits per heavy atom. The number of carbonyl (C=O) groups excluding carboxylic acids is 1. The summed E-state index contributed by atoms with van der Waals surface area (Å²) in [6.45, 7) is 1.92. The average molecular weight is 325 g/mol. The van der Waals surface area contributed by atoms with Crippen LogP contribution in [0.5, 0.6) is 5.75 Å². The number of carbonyl (C=O) groups is 2. The van der Waals surface area contributed by atoms with Crippen LogP contribution in [0.1, 0.15) is 13.3 Å². The van der Waals surface area contributed by atoms with Crippen molar-refractivity contribution in [1.29, 1.82) is 0 Å². The summed E-state index contributed by atoms with van der Waals surface area (Å²) in [7, 11) is 1.43. The van der Waals surface area contributed by atoms with Gasteiger partial charge in [0.25, 0.3) is 5.91 Å². The Kier molecular flexibility index (Phi) is 5.20. The van der Waals surface area contributed by atoms with Gasteiger partial charge >= 0.3 is 5.97 Å². The number of nitrogens with zero attached hydrogens (tertiary/aromatic N) is 1. The van der Waals surface area contributed by atoms with Crippen molar-refractivity contribution < 1.29 is 28.6 Å². The number of para-hydroxylation sites is 1. The number of benzene rings is 1. The summed E-state index contributed by atoms with van der Waals surface area (Å²) < 4.78 is 23.9. The lowest BCUT2D eigenvalue weighted by molar-refractivity contribution is -0.152. The zero-order chi connectivity index (χ0) is 17.0. The second-order valence-electron chi connectivity index (χ2n) is 5.72. The number of carboxylic acid groups (broad SMARTS) is 1. The fourth-order valence-electron chi connectivity index (χ4n) is 2.73. The average Bonchev–Trinajstić information content (AvgIpc) is 2.95. The predicted molar refractivity (Wildman–Crippen MR) is 79.6 cm³/mol. The summed E-state index contributed by atoms with van der Waals surface area (Å²) in [5.74, 6) is -1.91. The van der Waals surface area contributed by atoms with E-state index in [1.165, 1.54) is 37.1 Å². The summed E-state index contributed by atoms with van der Waals surface area (Å²) in [6, 6.07) is 5.83. The molecule has 7 heteroatoms. The molecule has 0 bridgehead atoms. The van der Waals surface area contributed by atoms with E-state index in [9.17, 15) is 19.1 Å². The topological polar surface area (TPSA) is 76.1 Å². The molecule has 1 saturated heterocycles. The third-order valence-corrected chi connectivity index (χ3v) is 4.03. The summed E-state index contributed by atoms with van der Waals surface area (Å²) >= 11 is 0. The third-order valence-electron chi connectivity index (χ3n) is 4.03. The standard InChI is InChI=1S/C16H20FNO5/c1-11(23-13-6-4-3-5-12(13)17)14(19)18-8-7-16(9-18,10-22-2)15(20)21/h3-6,11H,7-10H2,1-2H3,(H,20,21). The van der Waals surface area contributed by atoms with E-state index in [0.29, 0.717) is 13.0 Å². The monoisotopic (exact) mass is 325 g/mol. The molecule has 0 radical (unpaired) electrons. The number of ether oxygens (including phenoxy) is 2.